The summed E-state index contributed by atoms with van der Waals surface area (Å²) in [6.07, 6.45) is 0. The number of furan rings is 1. The molecule has 2 rings (SSSR count). The lowest BCUT2D eigenvalue weighted by Gasteiger charge is -2.23. The molecule has 1 atom stereocenters. The quantitative estimate of drug-likeness (QED) is 0.753. The lowest BCUT2D eigenvalue weighted by molar-refractivity contribution is 0.0934. The van der Waals surface area contributed by atoms with Gasteiger partial charge in [-0.15, -0.1) is 0 Å². The average Bonchev–Trinajstić information content (AvgIpc) is 2.89. The van der Waals surface area contributed by atoms with Crippen LogP contribution in [-0.4, -0.2) is 11.9 Å². The van der Waals surface area contributed by atoms with Gasteiger partial charge in [-0.2, -0.15) is 0 Å². The second kappa shape index (κ2) is 7.68. The zero-order chi connectivity index (χ0) is 17.7. The zero-order valence-electron chi connectivity index (χ0n) is 14.3. The van der Waals surface area contributed by atoms with E-state index in [-0.39, 0.29) is 12.0 Å². The van der Waals surface area contributed by atoms with Gasteiger partial charge in [0.1, 0.15) is 11.5 Å². The molecule has 0 aliphatic heterocycles. The van der Waals surface area contributed by atoms with Crippen molar-refractivity contribution in [2.24, 2.45) is 5.92 Å². The number of carbonyl (C=O) groups is 2. The van der Waals surface area contributed by atoms with Crippen LogP contribution in [0.25, 0.3) is 0 Å². The van der Waals surface area contributed by atoms with Gasteiger partial charge in [-0.25, -0.2) is 10.2 Å². The van der Waals surface area contributed by atoms with Gasteiger partial charge >= 0.3 is 6.03 Å². The minimum atomic E-state index is -0.469. The number of nitrogens with one attached hydrogen (secondary N) is 3. The van der Waals surface area contributed by atoms with Crippen molar-refractivity contribution in [3.8, 4) is 0 Å². The second-order valence-corrected chi connectivity index (χ2v) is 6.01. The summed E-state index contributed by atoms with van der Waals surface area (Å²) in [5, 5.41) is 2.87. The van der Waals surface area contributed by atoms with E-state index in [2.05, 4.69) is 16.2 Å². The van der Waals surface area contributed by atoms with Gasteiger partial charge in [-0.05, 0) is 31.4 Å². The molecular weight excluding hydrogens is 306 g/mol. The van der Waals surface area contributed by atoms with Gasteiger partial charge in [0.2, 0.25) is 0 Å². The molecule has 1 aromatic carbocycles. The molecule has 0 bridgehead atoms. The molecule has 24 heavy (non-hydrogen) atoms. The zero-order valence-corrected chi connectivity index (χ0v) is 14.3. The first-order valence-electron chi connectivity index (χ1n) is 7.87. The molecule has 0 aliphatic carbocycles. The third-order valence-electron chi connectivity index (χ3n) is 3.69. The van der Waals surface area contributed by atoms with E-state index in [1.807, 2.05) is 44.2 Å². The minimum absolute atomic E-state index is 0.152. The normalized spacial score (nSPS) is 11.9. The van der Waals surface area contributed by atoms with Crippen molar-refractivity contribution in [2.45, 2.75) is 33.7 Å². The molecule has 0 saturated carbocycles. The summed E-state index contributed by atoms with van der Waals surface area (Å²) in [5.41, 5.74) is 6.18. The van der Waals surface area contributed by atoms with Crippen LogP contribution in [0.3, 0.4) is 0 Å². The molecular formula is C18H23N3O3. The molecule has 0 spiro atoms. The molecule has 6 nitrogen and oxygen atoms in total. The maximum atomic E-state index is 12.1. The van der Waals surface area contributed by atoms with Crippen molar-refractivity contribution in [1.82, 2.24) is 16.2 Å². The molecule has 0 fully saturated rings. The van der Waals surface area contributed by atoms with E-state index in [0.29, 0.717) is 17.1 Å². The molecule has 0 aliphatic rings. The van der Waals surface area contributed by atoms with E-state index in [9.17, 15) is 9.59 Å². The largest absolute Gasteiger partial charge is 0.466 e. The smallest absolute Gasteiger partial charge is 0.333 e. The minimum Gasteiger partial charge on any atom is -0.466 e. The lowest BCUT2D eigenvalue weighted by atomic mass is 9.96. The number of benzene rings is 1. The first-order valence-corrected chi connectivity index (χ1v) is 7.87. The number of urea groups is 1. The van der Waals surface area contributed by atoms with E-state index in [4.69, 9.17) is 4.42 Å². The molecule has 2 aromatic rings. The Morgan fingerprint density at radius 3 is 2.25 bits per heavy atom. The molecule has 128 valence electrons. The number of amides is 3. The lowest BCUT2D eigenvalue weighted by Crippen LogP contribution is -2.48. The van der Waals surface area contributed by atoms with E-state index in [0.717, 1.165) is 5.56 Å². The fraction of sp³-hybridized carbons (Fsp3) is 0.333. The Kier molecular flexibility index (Phi) is 5.63. The number of hydrogen-bond donors (Lipinski definition) is 3. The van der Waals surface area contributed by atoms with E-state index in [1.165, 1.54) is 0 Å². The van der Waals surface area contributed by atoms with Crippen LogP contribution in [0.15, 0.2) is 40.8 Å². The molecule has 1 aromatic heterocycles. The maximum Gasteiger partial charge on any atom is 0.333 e. The Morgan fingerprint density at radius 1 is 1.04 bits per heavy atom. The van der Waals surface area contributed by atoms with Crippen molar-refractivity contribution in [2.75, 3.05) is 0 Å². The molecule has 3 amide bonds. The maximum absolute atomic E-state index is 12.1. The fourth-order valence-corrected chi connectivity index (χ4v) is 2.51. The average molecular weight is 329 g/mol. The third kappa shape index (κ3) is 4.38. The van der Waals surface area contributed by atoms with Gasteiger partial charge in [-0.3, -0.25) is 10.2 Å². The van der Waals surface area contributed by atoms with E-state index >= 15 is 0 Å². The first-order chi connectivity index (χ1) is 11.4. The fourth-order valence-electron chi connectivity index (χ4n) is 2.51. The topological polar surface area (TPSA) is 83.4 Å². The van der Waals surface area contributed by atoms with Crippen LogP contribution in [-0.2, 0) is 0 Å². The Morgan fingerprint density at radius 2 is 1.71 bits per heavy atom. The number of aryl methyl sites for hydroxylation is 2. The summed E-state index contributed by atoms with van der Waals surface area (Å²) in [6, 6.07) is 10.7. The molecule has 1 heterocycles. The summed E-state index contributed by atoms with van der Waals surface area (Å²) in [4.78, 5) is 24.2. The Labute approximate surface area is 141 Å². The van der Waals surface area contributed by atoms with Crippen LogP contribution in [0.4, 0.5) is 4.79 Å². The summed E-state index contributed by atoms with van der Waals surface area (Å²) in [6.45, 7) is 7.51. The highest BCUT2D eigenvalue weighted by Gasteiger charge is 2.19. The van der Waals surface area contributed by atoms with Crippen molar-refractivity contribution < 1.29 is 14.0 Å². The standard InChI is InChI=1S/C18H23N3O3/c1-11(2)16(14-8-6-5-7-9-14)19-18(23)21-20-17(22)15-10-12(3)24-13(15)4/h5-11,16H,1-4H3,(H,20,22)(H2,19,21,23). The Balaban J connectivity index is 1.94. The van der Waals surface area contributed by atoms with Gasteiger partial charge in [0.05, 0.1) is 11.6 Å². The van der Waals surface area contributed by atoms with Crippen molar-refractivity contribution >= 4 is 11.9 Å². The van der Waals surface area contributed by atoms with Gasteiger partial charge in [0.25, 0.3) is 5.91 Å². The molecule has 0 saturated heterocycles. The van der Waals surface area contributed by atoms with Gasteiger partial charge in [-0.1, -0.05) is 44.2 Å². The van der Waals surface area contributed by atoms with Crippen molar-refractivity contribution in [1.29, 1.82) is 0 Å². The van der Waals surface area contributed by atoms with Gasteiger partial charge < -0.3 is 9.73 Å². The van der Waals surface area contributed by atoms with Crippen LogP contribution in [0, 0.1) is 19.8 Å². The molecule has 1 unspecified atom stereocenters. The monoisotopic (exact) mass is 329 g/mol. The second-order valence-electron chi connectivity index (χ2n) is 6.01. The molecule has 6 heteroatoms. The van der Waals surface area contributed by atoms with Crippen LogP contribution in [0.2, 0.25) is 0 Å². The van der Waals surface area contributed by atoms with Crippen LogP contribution in [0.1, 0.15) is 47.3 Å². The predicted molar refractivity (Wildman–Crippen MR) is 91.3 cm³/mol. The van der Waals surface area contributed by atoms with Crippen molar-refractivity contribution in [3.05, 3.63) is 59.0 Å². The summed E-state index contributed by atoms with van der Waals surface area (Å²) >= 11 is 0. The highest BCUT2D eigenvalue weighted by molar-refractivity contribution is 5.96. The van der Waals surface area contributed by atoms with Crippen molar-refractivity contribution in [3.63, 3.8) is 0 Å². The Hall–Kier alpha value is -2.76. The summed E-state index contributed by atoms with van der Waals surface area (Å²) in [5.74, 6) is 0.940. The predicted octanol–water partition coefficient (Wildman–Crippen LogP) is 3.24. The number of hydrazine groups is 1. The molecule has 0 radical (unpaired) electrons. The van der Waals surface area contributed by atoms with Gasteiger partial charge in [0.15, 0.2) is 0 Å². The van der Waals surface area contributed by atoms with Crippen LogP contribution < -0.4 is 16.2 Å². The number of rotatable bonds is 4. The number of hydrogen-bond acceptors (Lipinski definition) is 3. The third-order valence-corrected chi connectivity index (χ3v) is 3.69. The summed E-state index contributed by atoms with van der Waals surface area (Å²) < 4.78 is 5.31. The SMILES string of the molecule is Cc1cc(C(=O)NNC(=O)NC(c2ccccc2)C(C)C)c(C)o1. The highest BCUT2D eigenvalue weighted by atomic mass is 16.3. The first kappa shape index (κ1) is 17.6. The Bertz CT molecular complexity index is 708. The van der Waals surface area contributed by atoms with Crippen LogP contribution in [0.5, 0.6) is 0 Å². The van der Waals surface area contributed by atoms with Gasteiger partial charge in [0, 0.05) is 0 Å². The van der Waals surface area contributed by atoms with Crippen LogP contribution >= 0.6 is 0 Å². The highest BCUT2D eigenvalue weighted by Crippen LogP contribution is 2.21. The van der Waals surface area contributed by atoms with E-state index < -0.39 is 11.9 Å². The summed E-state index contributed by atoms with van der Waals surface area (Å²) in [7, 11) is 0. The number of carbonyl (C=O) groups excluding carboxylic acids is 2. The molecule has 3 N–H and O–H groups in total. The van der Waals surface area contributed by atoms with E-state index in [1.54, 1.807) is 19.9 Å².